The third-order valence-corrected chi connectivity index (χ3v) is 3.39. The Morgan fingerprint density at radius 2 is 2.22 bits per heavy atom. The van der Waals surface area contributed by atoms with Gasteiger partial charge in [-0.05, 0) is 24.6 Å². The summed E-state index contributed by atoms with van der Waals surface area (Å²) in [6, 6.07) is 3.57. The van der Waals surface area contributed by atoms with Crippen LogP contribution in [0.1, 0.15) is 34.0 Å². The van der Waals surface area contributed by atoms with Gasteiger partial charge in [-0.2, -0.15) is 0 Å². The number of carbonyl (C=O) groups excluding carboxylic acids is 1. The summed E-state index contributed by atoms with van der Waals surface area (Å²) in [6.07, 6.45) is 3.39. The van der Waals surface area contributed by atoms with Crippen LogP contribution in [0.5, 0.6) is 0 Å². The van der Waals surface area contributed by atoms with Gasteiger partial charge in [-0.3, -0.25) is 9.78 Å². The molecule has 2 heterocycles. The highest BCUT2D eigenvalue weighted by molar-refractivity contribution is 7.09. The number of pyridine rings is 1. The molecule has 2 aromatic rings. The molecule has 18 heavy (non-hydrogen) atoms. The molecule has 0 aliphatic rings. The first-order chi connectivity index (χ1) is 8.66. The maximum atomic E-state index is 11.8. The molecule has 1 atom stereocenters. The Kier molecular flexibility index (Phi) is 4.01. The van der Waals surface area contributed by atoms with Gasteiger partial charge in [0.1, 0.15) is 10.7 Å². The average Bonchev–Trinajstić information content (AvgIpc) is 2.87. The molecule has 0 saturated heterocycles. The Balaban J connectivity index is 1.95. The SMILES string of the molecule is CC(N)c1nc(C(=O)NCc2ccncc2)cs1. The standard InChI is InChI=1S/C12H14N4OS/c1-8(13)12-16-10(7-18-12)11(17)15-6-9-2-4-14-5-3-9/h2-5,7-8H,6,13H2,1H3,(H,15,17). The fourth-order valence-corrected chi connectivity index (χ4v) is 2.13. The third-order valence-electron chi connectivity index (χ3n) is 2.35. The van der Waals surface area contributed by atoms with Crippen LogP contribution in [0.2, 0.25) is 0 Å². The van der Waals surface area contributed by atoms with Crippen molar-refractivity contribution in [3.8, 4) is 0 Å². The van der Waals surface area contributed by atoms with Crippen molar-refractivity contribution in [2.24, 2.45) is 5.73 Å². The lowest BCUT2D eigenvalue weighted by Crippen LogP contribution is -2.23. The molecule has 3 N–H and O–H groups in total. The summed E-state index contributed by atoms with van der Waals surface area (Å²) >= 11 is 1.40. The fourth-order valence-electron chi connectivity index (χ4n) is 1.37. The quantitative estimate of drug-likeness (QED) is 0.874. The van der Waals surface area contributed by atoms with E-state index < -0.39 is 0 Å². The van der Waals surface area contributed by atoms with E-state index >= 15 is 0 Å². The van der Waals surface area contributed by atoms with Crippen LogP contribution in [0, 0.1) is 0 Å². The zero-order valence-electron chi connectivity index (χ0n) is 9.96. The van der Waals surface area contributed by atoms with Gasteiger partial charge in [0, 0.05) is 24.3 Å². The Hall–Kier alpha value is -1.79. The molecule has 0 aromatic carbocycles. The minimum absolute atomic E-state index is 0.142. The zero-order chi connectivity index (χ0) is 13.0. The lowest BCUT2D eigenvalue weighted by molar-refractivity contribution is 0.0946. The molecule has 5 nitrogen and oxygen atoms in total. The van der Waals surface area contributed by atoms with Gasteiger partial charge in [-0.1, -0.05) is 0 Å². The van der Waals surface area contributed by atoms with Crippen LogP contribution in [0.3, 0.4) is 0 Å². The van der Waals surface area contributed by atoms with Crippen LogP contribution in [0.4, 0.5) is 0 Å². The molecule has 0 bridgehead atoms. The van der Waals surface area contributed by atoms with E-state index in [4.69, 9.17) is 5.73 Å². The van der Waals surface area contributed by atoms with E-state index in [1.165, 1.54) is 11.3 Å². The van der Waals surface area contributed by atoms with Crippen molar-refractivity contribution in [3.05, 3.63) is 46.2 Å². The molecular weight excluding hydrogens is 248 g/mol. The Morgan fingerprint density at radius 1 is 1.50 bits per heavy atom. The van der Waals surface area contributed by atoms with Crippen LogP contribution >= 0.6 is 11.3 Å². The highest BCUT2D eigenvalue weighted by Crippen LogP contribution is 2.15. The van der Waals surface area contributed by atoms with E-state index in [0.29, 0.717) is 12.2 Å². The predicted octanol–water partition coefficient (Wildman–Crippen LogP) is 1.49. The second kappa shape index (κ2) is 5.70. The first-order valence-electron chi connectivity index (χ1n) is 5.55. The number of thiazole rings is 1. The topological polar surface area (TPSA) is 80.9 Å². The third kappa shape index (κ3) is 3.12. The van der Waals surface area contributed by atoms with E-state index in [1.54, 1.807) is 17.8 Å². The van der Waals surface area contributed by atoms with Crippen LogP contribution in [-0.2, 0) is 6.54 Å². The number of rotatable bonds is 4. The molecular formula is C12H14N4OS. The maximum Gasteiger partial charge on any atom is 0.271 e. The summed E-state index contributed by atoms with van der Waals surface area (Å²) in [5.74, 6) is -0.185. The molecule has 1 amide bonds. The number of carbonyl (C=O) groups is 1. The number of hydrogen-bond donors (Lipinski definition) is 2. The largest absolute Gasteiger partial charge is 0.347 e. The van der Waals surface area contributed by atoms with Crippen molar-refractivity contribution in [2.45, 2.75) is 19.5 Å². The lowest BCUT2D eigenvalue weighted by atomic mass is 10.2. The van der Waals surface area contributed by atoms with E-state index in [2.05, 4.69) is 15.3 Å². The van der Waals surface area contributed by atoms with Crippen LogP contribution in [0.25, 0.3) is 0 Å². The summed E-state index contributed by atoms with van der Waals surface area (Å²) in [5.41, 5.74) is 7.12. The monoisotopic (exact) mass is 262 g/mol. The number of aromatic nitrogens is 2. The van der Waals surface area contributed by atoms with Crippen LogP contribution in [0.15, 0.2) is 29.9 Å². The summed E-state index contributed by atoms with van der Waals surface area (Å²) < 4.78 is 0. The first kappa shape index (κ1) is 12.7. The minimum atomic E-state index is -0.185. The summed E-state index contributed by atoms with van der Waals surface area (Å²) in [4.78, 5) is 19.9. The normalized spacial score (nSPS) is 12.1. The van der Waals surface area contributed by atoms with Crippen LogP contribution < -0.4 is 11.1 Å². The number of hydrogen-bond acceptors (Lipinski definition) is 5. The minimum Gasteiger partial charge on any atom is -0.347 e. The van der Waals surface area contributed by atoms with Gasteiger partial charge in [0.05, 0.1) is 6.04 Å². The average molecular weight is 262 g/mol. The van der Waals surface area contributed by atoms with Gasteiger partial charge in [0.15, 0.2) is 0 Å². The van der Waals surface area contributed by atoms with E-state index in [-0.39, 0.29) is 11.9 Å². The number of nitrogens with two attached hydrogens (primary N) is 1. The van der Waals surface area contributed by atoms with E-state index in [9.17, 15) is 4.79 Å². The molecule has 6 heteroatoms. The van der Waals surface area contributed by atoms with Gasteiger partial charge < -0.3 is 11.1 Å². The van der Waals surface area contributed by atoms with Crippen molar-refractivity contribution < 1.29 is 4.79 Å². The van der Waals surface area contributed by atoms with Gasteiger partial charge in [-0.25, -0.2) is 4.98 Å². The van der Waals surface area contributed by atoms with Crippen molar-refractivity contribution >= 4 is 17.2 Å². The highest BCUT2D eigenvalue weighted by Gasteiger charge is 2.12. The molecule has 1 unspecified atom stereocenters. The number of nitrogens with zero attached hydrogens (tertiary/aromatic N) is 2. The van der Waals surface area contributed by atoms with Crippen LogP contribution in [-0.4, -0.2) is 15.9 Å². The molecule has 0 spiro atoms. The molecule has 94 valence electrons. The van der Waals surface area contributed by atoms with Gasteiger partial charge in [0.2, 0.25) is 0 Å². The van der Waals surface area contributed by atoms with E-state index in [1.807, 2.05) is 19.1 Å². The Morgan fingerprint density at radius 3 is 2.83 bits per heavy atom. The fraction of sp³-hybridized carbons (Fsp3) is 0.250. The molecule has 2 aromatic heterocycles. The Bertz CT molecular complexity index is 524. The maximum absolute atomic E-state index is 11.8. The molecule has 2 rings (SSSR count). The molecule has 0 aliphatic heterocycles. The van der Waals surface area contributed by atoms with Crippen molar-refractivity contribution in [1.29, 1.82) is 0 Å². The molecule has 0 aliphatic carbocycles. The second-order valence-electron chi connectivity index (χ2n) is 3.90. The summed E-state index contributed by atoms with van der Waals surface area (Å²) in [5, 5.41) is 5.29. The van der Waals surface area contributed by atoms with Crippen molar-refractivity contribution in [3.63, 3.8) is 0 Å². The Labute approximate surface area is 109 Å². The van der Waals surface area contributed by atoms with Gasteiger partial charge in [-0.15, -0.1) is 11.3 Å². The zero-order valence-corrected chi connectivity index (χ0v) is 10.8. The van der Waals surface area contributed by atoms with Gasteiger partial charge >= 0.3 is 0 Å². The first-order valence-corrected chi connectivity index (χ1v) is 6.43. The lowest BCUT2D eigenvalue weighted by Gasteiger charge is -2.02. The molecule has 0 radical (unpaired) electrons. The second-order valence-corrected chi connectivity index (χ2v) is 4.79. The highest BCUT2D eigenvalue weighted by atomic mass is 32.1. The van der Waals surface area contributed by atoms with E-state index in [0.717, 1.165) is 10.6 Å². The number of nitrogens with one attached hydrogen (secondary N) is 1. The smallest absolute Gasteiger partial charge is 0.271 e. The molecule has 0 saturated carbocycles. The molecule has 0 fully saturated rings. The van der Waals surface area contributed by atoms with Crippen molar-refractivity contribution in [2.75, 3.05) is 0 Å². The van der Waals surface area contributed by atoms with Crippen molar-refractivity contribution in [1.82, 2.24) is 15.3 Å². The summed E-state index contributed by atoms with van der Waals surface area (Å²) in [7, 11) is 0. The van der Waals surface area contributed by atoms with Gasteiger partial charge in [0.25, 0.3) is 5.91 Å². The summed E-state index contributed by atoms with van der Waals surface area (Å²) in [6.45, 7) is 2.31. The number of amides is 1. The predicted molar refractivity (Wildman–Crippen MR) is 70.1 cm³/mol.